The fraction of sp³-hybridized carbons (Fsp3) is 0.294. The summed E-state index contributed by atoms with van der Waals surface area (Å²) in [6.07, 6.45) is 0. The lowest BCUT2D eigenvalue weighted by Crippen LogP contribution is -2.48. The zero-order valence-electron chi connectivity index (χ0n) is 14.6. The van der Waals surface area contributed by atoms with Crippen LogP contribution in [0, 0.1) is 5.82 Å². The molecule has 0 spiro atoms. The Morgan fingerprint density at radius 3 is 2.64 bits per heavy atom. The number of thiophene rings is 1. The topological polar surface area (TPSA) is 79.5 Å². The third-order valence-corrected chi connectivity index (χ3v) is 7.46. The standard InChI is InChI=1S/C17H16ClFN4O3S2/c18-13-10-12(3-4-14(13)19)28(24,25)23-7-5-22(6-8-23)11-16-20-21-17(26-16)15-2-1-9-27-15/h1-4,9-10H,5-8,11H2. The predicted octanol–water partition coefficient (Wildman–Crippen LogP) is 3.10. The summed E-state index contributed by atoms with van der Waals surface area (Å²) in [6.45, 7) is 2.11. The van der Waals surface area contributed by atoms with Crippen molar-refractivity contribution < 1.29 is 17.2 Å². The second-order valence-electron chi connectivity index (χ2n) is 6.23. The molecule has 148 valence electrons. The molecular weight excluding hydrogens is 427 g/mol. The highest BCUT2D eigenvalue weighted by molar-refractivity contribution is 7.89. The van der Waals surface area contributed by atoms with Gasteiger partial charge in [0, 0.05) is 26.2 Å². The number of hydrogen-bond acceptors (Lipinski definition) is 7. The molecule has 3 heterocycles. The molecule has 11 heteroatoms. The van der Waals surface area contributed by atoms with E-state index in [2.05, 4.69) is 15.1 Å². The lowest BCUT2D eigenvalue weighted by Gasteiger charge is -2.33. The van der Waals surface area contributed by atoms with Crippen LogP contribution in [0.1, 0.15) is 5.89 Å². The van der Waals surface area contributed by atoms with Crippen molar-refractivity contribution in [3.8, 4) is 10.8 Å². The smallest absolute Gasteiger partial charge is 0.257 e. The Morgan fingerprint density at radius 1 is 1.18 bits per heavy atom. The molecule has 1 fully saturated rings. The van der Waals surface area contributed by atoms with Crippen LogP contribution in [0.3, 0.4) is 0 Å². The van der Waals surface area contributed by atoms with E-state index in [0.29, 0.717) is 44.5 Å². The second-order valence-corrected chi connectivity index (χ2v) is 9.53. The van der Waals surface area contributed by atoms with Gasteiger partial charge in [0.05, 0.1) is 21.3 Å². The first-order valence-electron chi connectivity index (χ1n) is 8.47. The minimum atomic E-state index is -3.72. The van der Waals surface area contributed by atoms with Gasteiger partial charge in [-0.2, -0.15) is 4.31 Å². The molecular formula is C17H16ClFN4O3S2. The minimum Gasteiger partial charge on any atom is -0.419 e. The van der Waals surface area contributed by atoms with E-state index in [1.54, 1.807) is 0 Å². The van der Waals surface area contributed by atoms with Crippen LogP contribution in [0.5, 0.6) is 0 Å². The molecule has 0 radical (unpaired) electrons. The molecule has 4 rings (SSSR count). The fourth-order valence-corrected chi connectivity index (χ4v) is 5.26. The maximum absolute atomic E-state index is 13.3. The van der Waals surface area contributed by atoms with Crippen LogP contribution >= 0.6 is 22.9 Å². The molecule has 1 saturated heterocycles. The van der Waals surface area contributed by atoms with Crippen molar-refractivity contribution >= 4 is 33.0 Å². The van der Waals surface area contributed by atoms with E-state index >= 15 is 0 Å². The molecule has 0 unspecified atom stereocenters. The van der Waals surface area contributed by atoms with Crippen molar-refractivity contribution in [3.05, 3.63) is 52.4 Å². The number of benzene rings is 1. The number of hydrogen-bond donors (Lipinski definition) is 0. The van der Waals surface area contributed by atoms with E-state index in [1.165, 1.54) is 21.7 Å². The molecule has 0 bridgehead atoms. The van der Waals surface area contributed by atoms with Crippen molar-refractivity contribution in [1.82, 2.24) is 19.4 Å². The summed E-state index contributed by atoms with van der Waals surface area (Å²) in [4.78, 5) is 2.95. The summed E-state index contributed by atoms with van der Waals surface area (Å²) in [5.41, 5.74) is 0. The Balaban J connectivity index is 1.38. The molecule has 3 aromatic rings. The van der Waals surface area contributed by atoms with Gasteiger partial charge in [0.15, 0.2) is 0 Å². The summed E-state index contributed by atoms with van der Waals surface area (Å²) in [5, 5.41) is 9.84. The molecule has 0 N–H and O–H groups in total. The van der Waals surface area contributed by atoms with E-state index < -0.39 is 15.8 Å². The number of aromatic nitrogens is 2. The van der Waals surface area contributed by atoms with Gasteiger partial charge in [-0.15, -0.1) is 21.5 Å². The van der Waals surface area contributed by atoms with Gasteiger partial charge in [-0.25, -0.2) is 12.8 Å². The van der Waals surface area contributed by atoms with Crippen LogP contribution in [0.4, 0.5) is 4.39 Å². The average molecular weight is 443 g/mol. The minimum absolute atomic E-state index is 0.00941. The molecule has 28 heavy (non-hydrogen) atoms. The number of piperazine rings is 1. The normalized spacial score (nSPS) is 16.5. The third-order valence-electron chi connectivity index (χ3n) is 4.42. The van der Waals surface area contributed by atoms with Crippen molar-refractivity contribution in [2.24, 2.45) is 0 Å². The SMILES string of the molecule is O=S(=O)(c1ccc(F)c(Cl)c1)N1CCN(Cc2nnc(-c3cccs3)o2)CC1. The van der Waals surface area contributed by atoms with Gasteiger partial charge >= 0.3 is 0 Å². The third kappa shape index (κ3) is 3.96. The Labute approximate surface area is 170 Å². The summed E-state index contributed by atoms with van der Waals surface area (Å²) >= 11 is 7.24. The van der Waals surface area contributed by atoms with Crippen LogP contribution in [-0.4, -0.2) is 54.0 Å². The lowest BCUT2D eigenvalue weighted by atomic mass is 10.3. The largest absolute Gasteiger partial charge is 0.419 e. The highest BCUT2D eigenvalue weighted by Gasteiger charge is 2.29. The molecule has 0 saturated carbocycles. The van der Waals surface area contributed by atoms with E-state index in [4.69, 9.17) is 16.0 Å². The zero-order valence-corrected chi connectivity index (χ0v) is 17.0. The molecule has 1 aliphatic rings. The Morgan fingerprint density at radius 2 is 1.96 bits per heavy atom. The molecule has 1 aromatic carbocycles. The fourth-order valence-electron chi connectivity index (χ4n) is 2.92. The predicted molar refractivity (Wildman–Crippen MR) is 103 cm³/mol. The average Bonchev–Trinajstić information content (AvgIpc) is 3.36. The first-order valence-corrected chi connectivity index (χ1v) is 11.2. The first kappa shape index (κ1) is 19.5. The van der Waals surface area contributed by atoms with Gasteiger partial charge in [-0.3, -0.25) is 4.90 Å². The number of rotatable bonds is 5. The number of nitrogens with zero attached hydrogens (tertiary/aromatic N) is 4. The first-order chi connectivity index (χ1) is 13.4. The van der Waals surface area contributed by atoms with Crippen LogP contribution in [0.25, 0.3) is 10.8 Å². The van der Waals surface area contributed by atoms with Gasteiger partial charge in [0.1, 0.15) is 5.82 Å². The van der Waals surface area contributed by atoms with Gasteiger partial charge < -0.3 is 4.42 Å². The van der Waals surface area contributed by atoms with E-state index in [1.807, 2.05) is 17.5 Å². The Kier molecular flexibility index (Phi) is 5.48. The highest BCUT2D eigenvalue weighted by Crippen LogP contribution is 2.25. The van der Waals surface area contributed by atoms with Crippen molar-refractivity contribution in [1.29, 1.82) is 0 Å². The van der Waals surface area contributed by atoms with Gasteiger partial charge in [0.25, 0.3) is 5.89 Å². The Hall–Kier alpha value is -1.85. The summed E-state index contributed by atoms with van der Waals surface area (Å²) in [6, 6.07) is 7.26. The van der Waals surface area contributed by atoms with Crippen molar-refractivity contribution in [3.63, 3.8) is 0 Å². The maximum Gasteiger partial charge on any atom is 0.257 e. The number of sulfonamides is 1. The second kappa shape index (κ2) is 7.88. The van der Waals surface area contributed by atoms with Crippen LogP contribution in [0.15, 0.2) is 45.0 Å². The van der Waals surface area contributed by atoms with Crippen molar-refractivity contribution in [2.45, 2.75) is 11.4 Å². The Bertz CT molecular complexity index is 1060. The van der Waals surface area contributed by atoms with Crippen LogP contribution < -0.4 is 0 Å². The lowest BCUT2D eigenvalue weighted by molar-refractivity contribution is 0.168. The van der Waals surface area contributed by atoms with Gasteiger partial charge in [0.2, 0.25) is 15.9 Å². The molecule has 2 aromatic heterocycles. The molecule has 0 atom stereocenters. The van der Waals surface area contributed by atoms with Crippen LogP contribution in [0.2, 0.25) is 5.02 Å². The van der Waals surface area contributed by atoms with Crippen LogP contribution in [-0.2, 0) is 16.6 Å². The maximum atomic E-state index is 13.3. The summed E-state index contributed by atoms with van der Waals surface area (Å²) < 4.78 is 45.8. The van der Waals surface area contributed by atoms with E-state index in [0.717, 1.165) is 17.0 Å². The molecule has 0 aliphatic carbocycles. The van der Waals surface area contributed by atoms with Gasteiger partial charge in [-0.1, -0.05) is 17.7 Å². The quantitative estimate of drug-likeness (QED) is 0.604. The monoisotopic (exact) mass is 442 g/mol. The molecule has 7 nitrogen and oxygen atoms in total. The van der Waals surface area contributed by atoms with E-state index in [-0.39, 0.29) is 9.92 Å². The summed E-state index contributed by atoms with van der Waals surface area (Å²) in [7, 11) is -3.72. The zero-order chi connectivity index (χ0) is 19.7. The van der Waals surface area contributed by atoms with E-state index in [9.17, 15) is 12.8 Å². The highest BCUT2D eigenvalue weighted by atomic mass is 35.5. The number of halogens is 2. The van der Waals surface area contributed by atoms with Gasteiger partial charge in [-0.05, 0) is 29.6 Å². The molecule has 1 aliphatic heterocycles. The van der Waals surface area contributed by atoms with Crippen molar-refractivity contribution in [2.75, 3.05) is 26.2 Å². The summed E-state index contributed by atoms with van der Waals surface area (Å²) in [5.74, 6) is 0.330. The molecule has 0 amide bonds.